The third kappa shape index (κ3) is 3.71. The molecule has 2 unspecified atom stereocenters. The highest BCUT2D eigenvalue weighted by molar-refractivity contribution is 5.97. The summed E-state index contributed by atoms with van der Waals surface area (Å²) in [6.07, 6.45) is 4.70. The monoisotopic (exact) mass is 304 g/mol. The molecule has 2 atom stereocenters. The fourth-order valence-electron chi connectivity index (χ4n) is 3.48. The predicted molar refractivity (Wildman–Crippen MR) is 81.1 cm³/mol. The van der Waals surface area contributed by atoms with Gasteiger partial charge in [-0.05, 0) is 49.9 Å². The molecule has 2 heterocycles. The van der Waals surface area contributed by atoms with Crippen molar-refractivity contribution in [2.75, 3.05) is 0 Å². The van der Waals surface area contributed by atoms with Crippen LogP contribution in [-0.2, 0) is 4.79 Å². The summed E-state index contributed by atoms with van der Waals surface area (Å²) in [5.74, 6) is -0.558. The molecule has 3 rings (SSSR count). The van der Waals surface area contributed by atoms with Crippen molar-refractivity contribution in [3.63, 3.8) is 0 Å². The van der Waals surface area contributed by atoms with Gasteiger partial charge in [-0.25, -0.2) is 4.39 Å². The second-order valence-electron chi connectivity index (χ2n) is 6.30. The summed E-state index contributed by atoms with van der Waals surface area (Å²) in [6, 6.07) is 6.73. The molecule has 0 aromatic heterocycles. The summed E-state index contributed by atoms with van der Waals surface area (Å²) < 4.78 is 12.8. The fraction of sp³-hybridized carbons (Fsp3) is 0.529. The molecule has 2 N–H and O–H groups in total. The standard InChI is InChI=1S/C17H21FN2O2/c18-12-3-1-11(2-4-12)16(21)7-8-17(22)20-15-9-13-5-6-14(10-15)19-13/h1-4,13-15,19H,5-10H2,(H,20,22). The predicted octanol–water partition coefficient (Wildman–Crippen LogP) is 2.19. The Bertz CT molecular complexity index is 546. The number of rotatable bonds is 5. The number of ketones is 1. The van der Waals surface area contributed by atoms with Crippen molar-refractivity contribution < 1.29 is 14.0 Å². The molecule has 2 aliphatic rings. The van der Waals surface area contributed by atoms with Gasteiger partial charge in [0, 0.05) is 36.5 Å². The zero-order valence-electron chi connectivity index (χ0n) is 12.5. The minimum Gasteiger partial charge on any atom is -0.353 e. The maximum atomic E-state index is 12.8. The molecule has 118 valence electrons. The first-order valence-electron chi connectivity index (χ1n) is 7.94. The molecule has 1 aromatic rings. The van der Waals surface area contributed by atoms with E-state index in [2.05, 4.69) is 10.6 Å². The molecule has 5 heteroatoms. The Balaban J connectivity index is 1.44. The van der Waals surface area contributed by atoms with Gasteiger partial charge in [-0.2, -0.15) is 0 Å². The zero-order chi connectivity index (χ0) is 15.5. The summed E-state index contributed by atoms with van der Waals surface area (Å²) >= 11 is 0. The van der Waals surface area contributed by atoms with Gasteiger partial charge >= 0.3 is 0 Å². The van der Waals surface area contributed by atoms with Crippen LogP contribution in [0, 0.1) is 5.82 Å². The molecule has 2 bridgehead atoms. The van der Waals surface area contributed by atoms with Gasteiger partial charge in [-0.15, -0.1) is 0 Å². The Kier molecular flexibility index (Phi) is 4.52. The number of carbonyl (C=O) groups excluding carboxylic acids is 2. The molecule has 2 saturated heterocycles. The summed E-state index contributed by atoms with van der Waals surface area (Å²) in [5.41, 5.74) is 0.453. The van der Waals surface area contributed by atoms with Crippen molar-refractivity contribution in [2.45, 2.75) is 56.7 Å². The first kappa shape index (κ1) is 15.2. The molecule has 0 spiro atoms. The second kappa shape index (κ2) is 6.57. The first-order valence-corrected chi connectivity index (χ1v) is 7.94. The van der Waals surface area contributed by atoms with E-state index in [1.807, 2.05) is 0 Å². The summed E-state index contributed by atoms with van der Waals surface area (Å²) in [6.45, 7) is 0. The van der Waals surface area contributed by atoms with Gasteiger partial charge < -0.3 is 10.6 Å². The minimum absolute atomic E-state index is 0.0678. The number of Topliss-reactive ketones (excluding diaryl/α,β-unsaturated/α-hetero) is 1. The molecule has 0 radical (unpaired) electrons. The highest BCUT2D eigenvalue weighted by atomic mass is 19.1. The third-order valence-corrected chi connectivity index (χ3v) is 4.58. The van der Waals surface area contributed by atoms with E-state index >= 15 is 0 Å². The van der Waals surface area contributed by atoms with Gasteiger partial charge in [0.2, 0.25) is 5.91 Å². The van der Waals surface area contributed by atoms with Crippen LogP contribution in [0.2, 0.25) is 0 Å². The fourth-order valence-corrected chi connectivity index (χ4v) is 3.48. The number of amides is 1. The lowest BCUT2D eigenvalue weighted by molar-refractivity contribution is -0.122. The lowest BCUT2D eigenvalue weighted by Crippen LogP contribution is -2.48. The van der Waals surface area contributed by atoms with Crippen molar-refractivity contribution >= 4 is 11.7 Å². The maximum absolute atomic E-state index is 12.8. The van der Waals surface area contributed by atoms with Crippen LogP contribution in [-0.4, -0.2) is 29.8 Å². The van der Waals surface area contributed by atoms with Gasteiger partial charge in [0.1, 0.15) is 5.82 Å². The highest BCUT2D eigenvalue weighted by Gasteiger charge is 2.33. The second-order valence-corrected chi connectivity index (χ2v) is 6.30. The van der Waals surface area contributed by atoms with Gasteiger partial charge in [-0.1, -0.05) is 0 Å². The molecule has 1 amide bonds. The van der Waals surface area contributed by atoms with E-state index in [4.69, 9.17) is 0 Å². The Labute approximate surface area is 129 Å². The van der Waals surface area contributed by atoms with E-state index in [-0.39, 0.29) is 36.4 Å². The van der Waals surface area contributed by atoms with E-state index in [0.717, 1.165) is 12.8 Å². The van der Waals surface area contributed by atoms with Crippen molar-refractivity contribution in [3.05, 3.63) is 35.6 Å². The maximum Gasteiger partial charge on any atom is 0.220 e. The van der Waals surface area contributed by atoms with Crippen molar-refractivity contribution in [2.24, 2.45) is 0 Å². The van der Waals surface area contributed by atoms with E-state index in [0.29, 0.717) is 17.6 Å². The van der Waals surface area contributed by atoms with Crippen LogP contribution in [0.25, 0.3) is 0 Å². The molecule has 2 fully saturated rings. The lowest BCUT2D eigenvalue weighted by atomic mass is 9.99. The summed E-state index contributed by atoms with van der Waals surface area (Å²) in [7, 11) is 0. The number of piperidine rings is 1. The Morgan fingerprint density at radius 2 is 1.73 bits per heavy atom. The van der Waals surface area contributed by atoms with E-state index in [1.165, 1.54) is 37.1 Å². The van der Waals surface area contributed by atoms with E-state index < -0.39 is 0 Å². The van der Waals surface area contributed by atoms with Crippen LogP contribution in [0.1, 0.15) is 48.9 Å². The van der Waals surface area contributed by atoms with E-state index in [9.17, 15) is 14.0 Å². The smallest absolute Gasteiger partial charge is 0.220 e. The van der Waals surface area contributed by atoms with Crippen LogP contribution in [0.4, 0.5) is 4.39 Å². The lowest BCUT2D eigenvalue weighted by Gasteiger charge is -2.29. The van der Waals surface area contributed by atoms with Gasteiger partial charge in [0.05, 0.1) is 0 Å². The van der Waals surface area contributed by atoms with Crippen molar-refractivity contribution in [1.29, 1.82) is 0 Å². The van der Waals surface area contributed by atoms with E-state index in [1.54, 1.807) is 0 Å². The number of benzene rings is 1. The summed E-state index contributed by atoms with van der Waals surface area (Å²) in [5, 5.41) is 6.58. The minimum atomic E-state index is -0.366. The summed E-state index contributed by atoms with van der Waals surface area (Å²) in [4.78, 5) is 23.9. The molecule has 0 aliphatic carbocycles. The van der Waals surface area contributed by atoms with Crippen LogP contribution < -0.4 is 10.6 Å². The van der Waals surface area contributed by atoms with Crippen molar-refractivity contribution in [1.82, 2.24) is 10.6 Å². The average Bonchev–Trinajstić information content (AvgIpc) is 2.84. The SMILES string of the molecule is O=C(CCC(=O)c1ccc(F)cc1)NC1CC2CCC(C1)N2. The molecular weight excluding hydrogens is 283 g/mol. The topological polar surface area (TPSA) is 58.2 Å². The number of nitrogens with one attached hydrogen (secondary N) is 2. The number of halogens is 1. The van der Waals surface area contributed by atoms with Gasteiger partial charge in [0.25, 0.3) is 0 Å². The van der Waals surface area contributed by atoms with Crippen LogP contribution >= 0.6 is 0 Å². The molecule has 4 nitrogen and oxygen atoms in total. The molecule has 22 heavy (non-hydrogen) atoms. The Hall–Kier alpha value is -1.75. The molecule has 1 aromatic carbocycles. The largest absolute Gasteiger partial charge is 0.353 e. The number of fused-ring (bicyclic) bond motifs is 2. The third-order valence-electron chi connectivity index (χ3n) is 4.58. The van der Waals surface area contributed by atoms with Gasteiger partial charge in [0.15, 0.2) is 5.78 Å². The van der Waals surface area contributed by atoms with Crippen LogP contribution in [0.15, 0.2) is 24.3 Å². The Morgan fingerprint density at radius 1 is 1.09 bits per heavy atom. The van der Waals surface area contributed by atoms with Gasteiger partial charge in [-0.3, -0.25) is 9.59 Å². The molecular formula is C17H21FN2O2. The first-order chi connectivity index (χ1) is 10.6. The normalized spacial score (nSPS) is 26.7. The highest BCUT2D eigenvalue weighted by Crippen LogP contribution is 2.26. The van der Waals surface area contributed by atoms with Crippen LogP contribution in [0.3, 0.4) is 0 Å². The Morgan fingerprint density at radius 3 is 2.36 bits per heavy atom. The number of carbonyl (C=O) groups is 2. The quantitative estimate of drug-likeness (QED) is 0.820. The number of hydrogen-bond acceptors (Lipinski definition) is 3. The zero-order valence-corrected chi connectivity index (χ0v) is 12.5. The number of hydrogen-bond donors (Lipinski definition) is 2. The molecule has 2 aliphatic heterocycles. The molecule has 0 saturated carbocycles. The van der Waals surface area contributed by atoms with Crippen molar-refractivity contribution in [3.8, 4) is 0 Å². The average molecular weight is 304 g/mol. The van der Waals surface area contributed by atoms with Crippen LogP contribution in [0.5, 0.6) is 0 Å².